The maximum Gasteiger partial charge on any atom is 0.124 e. The molecule has 0 spiro atoms. The smallest absolute Gasteiger partial charge is 0.124 e. The van der Waals surface area contributed by atoms with Gasteiger partial charge >= 0.3 is 0 Å². The number of benzene rings is 2. The fourth-order valence-electron chi connectivity index (χ4n) is 2.19. The number of phenols is 1. The summed E-state index contributed by atoms with van der Waals surface area (Å²) in [7, 11) is 0. The molecule has 0 unspecified atom stereocenters. The summed E-state index contributed by atoms with van der Waals surface area (Å²) < 4.78 is 13.2. The zero-order valence-corrected chi connectivity index (χ0v) is 11.4. The molecule has 0 saturated heterocycles. The van der Waals surface area contributed by atoms with E-state index in [-0.39, 0.29) is 11.3 Å². The number of nitrogens with zero attached hydrogens (tertiary/aromatic N) is 2. The highest BCUT2D eigenvalue weighted by Gasteiger charge is 2.15. The van der Waals surface area contributed by atoms with Crippen LogP contribution in [0.5, 0.6) is 5.75 Å². The summed E-state index contributed by atoms with van der Waals surface area (Å²) in [6, 6.07) is 11.2. The zero-order chi connectivity index (χ0) is 14.7. The molecule has 0 fully saturated rings. The average molecular weight is 270 g/mol. The number of nitriles is 1. The van der Waals surface area contributed by atoms with Crippen molar-refractivity contribution in [3.63, 3.8) is 0 Å². The zero-order valence-electron chi connectivity index (χ0n) is 11.4. The first-order chi connectivity index (χ1) is 9.56. The van der Waals surface area contributed by atoms with Gasteiger partial charge in [-0.05, 0) is 43.7 Å². The van der Waals surface area contributed by atoms with Crippen molar-refractivity contribution in [1.29, 1.82) is 5.26 Å². The van der Waals surface area contributed by atoms with Gasteiger partial charge in [-0.25, -0.2) is 4.39 Å². The van der Waals surface area contributed by atoms with Gasteiger partial charge in [0.1, 0.15) is 17.6 Å². The predicted octanol–water partition coefficient (Wildman–Crippen LogP) is 3.87. The van der Waals surface area contributed by atoms with Gasteiger partial charge in [-0.15, -0.1) is 0 Å². The Bertz CT molecular complexity index is 677. The molecule has 0 amide bonds. The van der Waals surface area contributed by atoms with Crippen LogP contribution in [-0.2, 0) is 0 Å². The highest BCUT2D eigenvalue weighted by atomic mass is 19.1. The molecule has 20 heavy (non-hydrogen) atoms. The van der Waals surface area contributed by atoms with Crippen LogP contribution < -0.4 is 4.90 Å². The lowest BCUT2D eigenvalue weighted by Gasteiger charge is -2.26. The number of anilines is 2. The van der Waals surface area contributed by atoms with Crippen molar-refractivity contribution in [2.75, 3.05) is 11.4 Å². The second kappa shape index (κ2) is 5.62. The van der Waals surface area contributed by atoms with E-state index in [0.717, 1.165) is 11.3 Å². The molecule has 0 bridgehead atoms. The summed E-state index contributed by atoms with van der Waals surface area (Å²) in [4.78, 5) is 1.88. The Hall–Kier alpha value is -2.54. The van der Waals surface area contributed by atoms with E-state index in [4.69, 9.17) is 5.26 Å². The predicted molar refractivity (Wildman–Crippen MR) is 76.6 cm³/mol. The third-order valence-corrected chi connectivity index (χ3v) is 3.17. The molecule has 2 aromatic rings. The topological polar surface area (TPSA) is 47.3 Å². The van der Waals surface area contributed by atoms with Gasteiger partial charge in [0, 0.05) is 18.3 Å². The Labute approximate surface area is 117 Å². The van der Waals surface area contributed by atoms with Crippen LogP contribution in [0, 0.1) is 24.1 Å². The van der Waals surface area contributed by atoms with E-state index in [9.17, 15) is 9.50 Å². The molecule has 0 heterocycles. The maximum absolute atomic E-state index is 13.2. The quantitative estimate of drug-likeness (QED) is 0.921. The van der Waals surface area contributed by atoms with Gasteiger partial charge < -0.3 is 10.0 Å². The molecule has 0 aliphatic rings. The van der Waals surface area contributed by atoms with Gasteiger partial charge in [0.05, 0.1) is 11.3 Å². The van der Waals surface area contributed by atoms with E-state index in [1.165, 1.54) is 12.1 Å². The average Bonchev–Trinajstić information content (AvgIpc) is 2.44. The molecular weight excluding hydrogens is 255 g/mol. The largest absolute Gasteiger partial charge is 0.508 e. The van der Waals surface area contributed by atoms with Crippen LogP contribution in [0.25, 0.3) is 0 Å². The van der Waals surface area contributed by atoms with Gasteiger partial charge in [0.15, 0.2) is 0 Å². The second-order valence-electron chi connectivity index (χ2n) is 4.49. The summed E-state index contributed by atoms with van der Waals surface area (Å²) in [5, 5.41) is 18.8. The summed E-state index contributed by atoms with van der Waals surface area (Å²) in [6.07, 6.45) is 0. The number of phenolic OH excluding ortho intramolecular Hbond substituents is 1. The second-order valence-corrected chi connectivity index (χ2v) is 4.49. The summed E-state index contributed by atoms with van der Waals surface area (Å²) in [6.45, 7) is 4.46. The molecule has 0 radical (unpaired) electrons. The molecule has 0 aliphatic carbocycles. The summed E-state index contributed by atoms with van der Waals surface area (Å²) >= 11 is 0. The molecule has 0 aliphatic heterocycles. The summed E-state index contributed by atoms with van der Waals surface area (Å²) in [5.74, 6) is -0.279. The molecule has 2 aromatic carbocycles. The van der Waals surface area contributed by atoms with E-state index >= 15 is 0 Å². The standard InChI is InChI=1S/C16H15FN2O/c1-3-19(16-9-14(20)6-4-11(16)2)15-7-5-13(17)8-12(15)10-18/h4-9,20H,3H2,1-2H3. The fraction of sp³-hybridized carbons (Fsp3) is 0.188. The third kappa shape index (κ3) is 2.57. The van der Waals surface area contributed by atoms with Gasteiger partial charge in [0.2, 0.25) is 0 Å². The van der Waals surface area contributed by atoms with Crippen LogP contribution in [0.2, 0.25) is 0 Å². The minimum atomic E-state index is -0.436. The lowest BCUT2D eigenvalue weighted by molar-refractivity contribution is 0.475. The number of hydrogen-bond acceptors (Lipinski definition) is 3. The fourth-order valence-corrected chi connectivity index (χ4v) is 2.19. The van der Waals surface area contributed by atoms with Crippen LogP contribution >= 0.6 is 0 Å². The van der Waals surface area contributed by atoms with Gasteiger partial charge in [-0.1, -0.05) is 6.07 Å². The van der Waals surface area contributed by atoms with Crippen LogP contribution in [0.15, 0.2) is 36.4 Å². The van der Waals surface area contributed by atoms with Crippen molar-refractivity contribution in [2.45, 2.75) is 13.8 Å². The third-order valence-electron chi connectivity index (χ3n) is 3.17. The van der Waals surface area contributed by atoms with Crippen LogP contribution in [0.1, 0.15) is 18.1 Å². The number of aromatic hydroxyl groups is 1. The normalized spacial score (nSPS) is 10.1. The van der Waals surface area contributed by atoms with E-state index in [0.29, 0.717) is 12.2 Å². The van der Waals surface area contributed by atoms with Crippen LogP contribution in [0.4, 0.5) is 15.8 Å². The van der Waals surface area contributed by atoms with Gasteiger partial charge in [-0.3, -0.25) is 0 Å². The first kappa shape index (κ1) is 13.9. The Morgan fingerprint density at radius 1 is 1.20 bits per heavy atom. The highest BCUT2D eigenvalue weighted by molar-refractivity contribution is 5.72. The number of rotatable bonds is 3. The molecule has 3 nitrogen and oxygen atoms in total. The van der Waals surface area contributed by atoms with Gasteiger partial charge in [-0.2, -0.15) is 5.26 Å². The molecule has 102 valence electrons. The molecule has 0 saturated carbocycles. The van der Waals surface area contributed by atoms with Crippen molar-refractivity contribution in [3.05, 3.63) is 53.3 Å². The lowest BCUT2D eigenvalue weighted by atomic mass is 10.1. The number of aryl methyl sites for hydroxylation is 1. The molecule has 2 rings (SSSR count). The molecule has 0 atom stereocenters. The van der Waals surface area contributed by atoms with E-state index in [1.807, 2.05) is 30.9 Å². The minimum absolute atomic E-state index is 0.157. The van der Waals surface area contributed by atoms with Crippen molar-refractivity contribution >= 4 is 11.4 Å². The Kier molecular flexibility index (Phi) is 3.90. The van der Waals surface area contributed by atoms with Crippen molar-refractivity contribution in [1.82, 2.24) is 0 Å². The van der Waals surface area contributed by atoms with Crippen molar-refractivity contribution in [2.24, 2.45) is 0 Å². The lowest BCUT2D eigenvalue weighted by Crippen LogP contribution is -2.18. The highest BCUT2D eigenvalue weighted by Crippen LogP contribution is 2.33. The van der Waals surface area contributed by atoms with Gasteiger partial charge in [0.25, 0.3) is 0 Å². The first-order valence-electron chi connectivity index (χ1n) is 6.33. The van der Waals surface area contributed by atoms with Crippen molar-refractivity contribution in [3.8, 4) is 11.8 Å². The SMILES string of the molecule is CCN(c1cc(O)ccc1C)c1ccc(F)cc1C#N. The molecule has 1 N–H and O–H groups in total. The van der Waals surface area contributed by atoms with Crippen LogP contribution in [0.3, 0.4) is 0 Å². The maximum atomic E-state index is 13.2. The van der Waals surface area contributed by atoms with E-state index in [1.54, 1.807) is 18.2 Å². The Morgan fingerprint density at radius 3 is 2.60 bits per heavy atom. The van der Waals surface area contributed by atoms with Crippen molar-refractivity contribution < 1.29 is 9.50 Å². The first-order valence-corrected chi connectivity index (χ1v) is 6.33. The summed E-state index contributed by atoms with van der Waals surface area (Å²) in [5.41, 5.74) is 2.67. The Balaban J connectivity index is 2.59. The number of hydrogen-bond donors (Lipinski definition) is 1. The Morgan fingerprint density at radius 2 is 1.95 bits per heavy atom. The van der Waals surface area contributed by atoms with Crippen LogP contribution in [-0.4, -0.2) is 11.7 Å². The molecule has 4 heteroatoms. The van der Waals surface area contributed by atoms with E-state index < -0.39 is 5.82 Å². The number of halogens is 1. The minimum Gasteiger partial charge on any atom is -0.508 e. The monoisotopic (exact) mass is 270 g/mol. The molecule has 0 aromatic heterocycles. The molecular formula is C16H15FN2O. The van der Waals surface area contributed by atoms with E-state index in [2.05, 4.69) is 0 Å².